The van der Waals surface area contributed by atoms with E-state index < -0.39 is 0 Å². The van der Waals surface area contributed by atoms with Crippen LogP contribution >= 0.6 is 28.1 Å². The van der Waals surface area contributed by atoms with Gasteiger partial charge in [0.2, 0.25) is 0 Å². The summed E-state index contributed by atoms with van der Waals surface area (Å²) in [4.78, 5) is 0. The van der Waals surface area contributed by atoms with Gasteiger partial charge in [0.05, 0.1) is 0 Å². The first-order valence-corrected chi connectivity index (χ1v) is 6.78. The monoisotopic (exact) mass is 320 g/mol. The number of benzene rings is 2. The summed E-state index contributed by atoms with van der Waals surface area (Å²) < 4.78 is 1.08. The highest BCUT2D eigenvalue weighted by atomic mass is 79.9. The second-order valence-electron chi connectivity index (χ2n) is 3.80. The van der Waals surface area contributed by atoms with E-state index in [0.717, 1.165) is 10.2 Å². The third kappa shape index (κ3) is 4.13. The average Bonchev–Trinajstić information content (AvgIpc) is 2.39. The van der Waals surface area contributed by atoms with Gasteiger partial charge in [-0.3, -0.25) is 0 Å². The maximum Gasteiger partial charge on any atom is 0.171 e. The smallest absolute Gasteiger partial charge is 0.171 e. The van der Waals surface area contributed by atoms with Crippen molar-refractivity contribution in [1.29, 1.82) is 0 Å². The molecule has 18 heavy (non-hydrogen) atoms. The second-order valence-corrected chi connectivity index (χ2v) is 5.12. The van der Waals surface area contributed by atoms with E-state index in [1.54, 1.807) is 0 Å². The molecule has 2 aromatic carbocycles. The van der Waals surface area contributed by atoms with Gasteiger partial charge in [0.25, 0.3) is 0 Å². The van der Waals surface area contributed by atoms with Gasteiger partial charge < -0.3 is 10.6 Å². The van der Waals surface area contributed by atoms with Crippen LogP contribution < -0.4 is 10.6 Å². The molecule has 0 atom stereocenters. The number of hydrogen-bond donors (Lipinski definition) is 2. The fourth-order valence-electron chi connectivity index (χ4n) is 1.48. The summed E-state index contributed by atoms with van der Waals surface area (Å²) in [5.74, 6) is 0. The fraction of sp³-hybridized carbons (Fsp3) is 0.0714. The Hall–Kier alpha value is -1.39. The predicted octanol–water partition coefficient (Wildman–Crippen LogP) is 3.94. The molecule has 0 bridgehead atoms. The van der Waals surface area contributed by atoms with Gasteiger partial charge in [-0.2, -0.15) is 0 Å². The number of hydrogen-bond acceptors (Lipinski definition) is 1. The molecule has 0 amide bonds. The van der Waals surface area contributed by atoms with Gasteiger partial charge in [0.1, 0.15) is 0 Å². The maximum atomic E-state index is 5.23. The molecule has 0 fully saturated rings. The highest BCUT2D eigenvalue weighted by Crippen LogP contribution is 2.10. The molecule has 2 nitrogen and oxygen atoms in total. The van der Waals surface area contributed by atoms with Crippen molar-refractivity contribution in [2.24, 2.45) is 0 Å². The molecule has 0 saturated carbocycles. The minimum atomic E-state index is 0.629. The number of thiocarbonyl (C=S) groups is 1. The van der Waals surface area contributed by atoms with Gasteiger partial charge in [0, 0.05) is 16.7 Å². The number of para-hydroxylation sites is 1. The average molecular weight is 321 g/mol. The Kier molecular flexibility index (Phi) is 4.73. The topological polar surface area (TPSA) is 24.1 Å². The van der Waals surface area contributed by atoms with Crippen LogP contribution in [-0.4, -0.2) is 5.11 Å². The maximum absolute atomic E-state index is 5.23. The molecule has 2 N–H and O–H groups in total. The van der Waals surface area contributed by atoms with E-state index in [4.69, 9.17) is 12.2 Å². The van der Waals surface area contributed by atoms with Crippen molar-refractivity contribution in [2.75, 3.05) is 5.32 Å². The van der Waals surface area contributed by atoms with E-state index in [9.17, 15) is 0 Å². The summed E-state index contributed by atoms with van der Waals surface area (Å²) in [6.07, 6.45) is 0. The SMILES string of the molecule is S=C(NCc1ccc(Br)cc1)Nc1ccccc1. The van der Waals surface area contributed by atoms with Crippen molar-refractivity contribution in [3.8, 4) is 0 Å². The Bertz CT molecular complexity index is 511. The third-order valence-corrected chi connectivity index (χ3v) is 3.17. The molecule has 0 aromatic heterocycles. The summed E-state index contributed by atoms with van der Waals surface area (Å²) in [7, 11) is 0. The van der Waals surface area contributed by atoms with E-state index in [-0.39, 0.29) is 0 Å². The Labute approximate surface area is 121 Å². The van der Waals surface area contributed by atoms with Crippen molar-refractivity contribution >= 4 is 38.9 Å². The van der Waals surface area contributed by atoms with Crippen LogP contribution in [0, 0.1) is 0 Å². The molecule has 0 spiro atoms. The van der Waals surface area contributed by atoms with Crippen molar-refractivity contribution in [3.63, 3.8) is 0 Å². The van der Waals surface area contributed by atoms with Gasteiger partial charge in [-0.25, -0.2) is 0 Å². The molecule has 92 valence electrons. The lowest BCUT2D eigenvalue weighted by Gasteiger charge is -2.10. The van der Waals surface area contributed by atoms with E-state index in [1.165, 1.54) is 5.56 Å². The number of rotatable bonds is 3. The lowest BCUT2D eigenvalue weighted by atomic mass is 10.2. The second kappa shape index (κ2) is 6.52. The summed E-state index contributed by atoms with van der Waals surface area (Å²) >= 11 is 8.64. The lowest BCUT2D eigenvalue weighted by Crippen LogP contribution is -2.27. The summed E-state index contributed by atoms with van der Waals surface area (Å²) in [6.45, 7) is 0.714. The standard InChI is InChI=1S/C14H13BrN2S/c15-12-8-6-11(7-9-12)10-16-14(18)17-13-4-2-1-3-5-13/h1-9H,10H2,(H2,16,17,18). The molecule has 0 heterocycles. The molecule has 0 unspecified atom stereocenters. The van der Waals surface area contributed by atoms with Crippen molar-refractivity contribution in [1.82, 2.24) is 5.32 Å². The van der Waals surface area contributed by atoms with E-state index >= 15 is 0 Å². The number of nitrogens with one attached hydrogen (secondary N) is 2. The normalized spacial score (nSPS) is 9.83. The zero-order chi connectivity index (χ0) is 12.8. The molecule has 0 aliphatic carbocycles. The van der Waals surface area contributed by atoms with Crippen molar-refractivity contribution in [3.05, 3.63) is 64.6 Å². The van der Waals surface area contributed by atoms with Crippen LogP contribution in [-0.2, 0) is 6.54 Å². The van der Waals surface area contributed by atoms with Crippen molar-refractivity contribution < 1.29 is 0 Å². The van der Waals surface area contributed by atoms with E-state index in [1.807, 2.05) is 42.5 Å². The quantitative estimate of drug-likeness (QED) is 0.838. The summed E-state index contributed by atoms with van der Waals surface area (Å²) in [6, 6.07) is 18.0. The molecule has 2 aromatic rings. The lowest BCUT2D eigenvalue weighted by molar-refractivity contribution is 0.925. The van der Waals surface area contributed by atoms with Crippen LogP contribution in [0.15, 0.2) is 59.1 Å². The number of halogens is 1. The third-order valence-electron chi connectivity index (χ3n) is 2.40. The Morgan fingerprint density at radius 2 is 1.67 bits per heavy atom. The molecular formula is C14H13BrN2S. The van der Waals surface area contributed by atoms with Crippen LogP contribution in [0.4, 0.5) is 5.69 Å². The van der Waals surface area contributed by atoms with Gasteiger partial charge in [-0.05, 0) is 42.0 Å². The van der Waals surface area contributed by atoms with Gasteiger partial charge in [-0.15, -0.1) is 0 Å². The Morgan fingerprint density at radius 3 is 2.33 bits per heavy atom. The molecular weight excluding hydrogens is 308 g/mol. The first-order chi connectivity index (χ1) is 8.74. The van der Waals surface area contributed by atoms with Crippen LogP contribution in [0.3, 0.4) is 0 Å². The van der Waals surface area contributed by atoms with E-state index in [0.29, 0.717) is 11.7 Å². The Morgan fingerprint density at radius 1 is 1.00 bits per heavy atom. The van der Waals surface area contributed by atoms with Crippen molar-refractivity contribution in [2.45, 2.75) is 6.54 Å². The Balaban J connectivity index is 1.83. The first kappa shape index (κ1) is 13.1. The zero-order valence-electron chi connectivity index (χ0n) is 9.69. The minimum Gasteiger partial charge on any atom is -0.358 e. The van der Waals surface area contributed by atoms with Gasteiger partial charge >= 0.3 is 0 Å². The highest BCUT2D eigenvalue weighted by molar-refractivity contribution is 9.10. The molecule has 4 heteroatoms. The van der Waals surface area contributed by atoms with Gasteiger partial charge in [0.15, 0.2) is 5.11 Å². The minimum absolute atomic E-state index is 0.629. The molecule has 0 radical (unpaired) electrons. The molecule has 2 rings (SSSR count). The summed E-state index contributed by atoms with van der Waals surface area (Å²) in [5.41, 5.74) is 2.18. The van der Waals surface area contributed by atoms with Crippen LogP contribution in [0.1, 0.15) is 5.56 Å². The van der Waals surface area contributed by atoms with Gasteiger partial charge in [-0.1, -0.05) is 46.3 Å². The van der Waals surface area contributed by atoms with E-state index in [2.05, 4.69) is 38.7 Å². The molecule has 0 aliphatic heterocycles. The van der Waals surface area contributed by atoms with Crippen LogP contribution in [0.25, 0.3) is 0 Å². The van der Waals surface area contributed by atoms with Crippen LogP contribution in [0.5, 0.6) is 0 Å². The molecule has 0 aliphatic rings. The largest absolute Gasteiger partial charge is 0.358 e. The fourth-order valence-corrected chi connectivity index (χ4v) is 1.94. The highest BCUT2D eigenvalue weighted by Gasteiger charge is 1.97. The summed E-state index contributed by atoms with van der Waals surface area (Å²) in [5, 5.41) is 6.94. The van der Waals surface area contributed by atoms with Crippen LogP contribution in [0.2, 0.25) is 0 Å². The zero-order valence-corrected chi connectivity index (χ0v) is 12.1. The molecule has 0 saturated heterocycles. The number of anilines is 1. The first-order valence-electron chi connectivity index (χ1n) is 5.58. The predicted molar refractivity (Wildman–Crippen MR) is 83.6 cm³/mol.